The van der Waals surface area contributed by atoms with Crippen molar-refractivity contribution in [3.05, 3.63) is 54.0 Å². The summed E-state index contributed by atoms with van der Waals surface area (Å²) >= 11 is 0. The molecule has 23 heavy (non-hydrogen) atoms. The van der Waals surface area contributed by atoms with Gasteiger partial charge in [0, 0.05) is 18.0 Å². The third-order valence-electron chi connectivity index (χ3n) is 3.76. The number of urea groups is 1. The van der Waals surface area contributed by atoms with Crippen molar-refractivity contribution in [2.45, 2.75) is 6.04 Å². The number of nitrogens with one attached hydrogen (secondary N) is 1. The number of benzene rings is 1. The Hall–Kier alpha value is -2.56. The van der Waals surface area contributed by atoms with Gasteiger partial charge in [0.1, 0.15) is 6.04 Å². The zero-order valence-corrected chi connectivity index (χ0v) is 12.5. The van der Waals surface area contributed by atoms with Crippen LogP contribution in [0.5, 0.6) is 0 Å². The number of hydroxylamine groups is 2. The van der Waals surface area contributed by atoms with Crippen LogP contribution in [-0.2, 0) is 14.7 Å². The summed E-state index contributed by atoms with van der Waals surface area (Å²) in [6.07, 6.45) is 3.35. The molecular weight excluding hydrogens is 324 g/mol. The van der Waals surface area contributed by atoms with E-state index >= 15 is 0 Å². The first-order valence-corrected chi connectivity index (χ1v) is 8.10. The lowest BCUT2D eigenvalue weighted by atomic mass is 10.0. The van der Waals surface area contributed by atoms with Crippen LogP contribution in [0.4, 0.5) is 10.5 Å². The first-order valence-electron chi connectivity index (χ1n) is 6.74. The van der Waals surface area contributed by atoms with Crippen LogP contribution in [0.3, 0.4) is 0 Å². The molecule has 0 aliphatic carbocycles. The molecule has 2 bridgehead atoms. The number of hydrogen-bond donors (Lipinski definition) is 2. The zero-order valence-electron chi connectivity index (χ0n) is 11.7. The summed E-state index contributed by atoms with van der Waals surface area (Å²) in [4.78, 5) is 13.4. The molecule has 2 N–H and O–H groups in total. The largest absolute Gasteiger partial charge is 0.418 e. The van der Waals surface area contributed by atoms with Crippen molar-refractivity contribution in [2.24, 2.45) is 0 Å². The first kappa shape index (κ1) is 14.1. The summed E-state index contributed by atoms with van der Waals surface area (Å²) < 4.78 is 35.2. The average molecular weight is 336 g/mol. The maximum atomic E-state index is 12.1. The summed E-state index contributed by atoms with van der Waals surface area (Å²) in [6.45, 7) is 0.244. The normalized spacial score (nSPS) is 22.7. The maximum Gasteiger partial charge on any atom is 0.418 e. The lowest BCUT2D eigenvalue weighted by molar-refractivity contribution is -0.0203. The third-order valence-corrected chi connectivity index (χ3v) is 4.11. The minimum atomic E-state index is -4.78. The second kappa shape index (κ2) is 4.72. The van der Waals surface area contributed by atoms with Crippen LogP contribution >= 0.6 is 0 Å². The van der Waals surface area contributed by atoms with Crippen LogP contribution < -0.4 is 10.4 Å². The number of rotatable bonds is 3. The number of hydrogen-bond acceptors (Lipinski definition) is 6. The zero-order chi connectivity index (χ0) is 16.2. The SMILES string of the molecule is O=C1N2C=C3NN(c4ccccc4)C=C3C(C2)N1OS(=O)(=O)O. The van der Waals surface area contributed by atoms with Gasteiger partial charge in [-0.1, -0.05) is 18.2 Å². The number of amides is 2. The van der Waals surface area contributed by atoms with E-state index < -0.39 is 22.5 Å². The smallest absolute Gasteiger partial charge is 0.294 e. The maximum absolute atomic E-state index is 12.1. The van der Waals surface area contributed by atoms with Gasteiger partial charge in [-0.3, -0.25) is 19.9 Å². The lowest BCUT2D eigenvalue weighted by Crippen LogP contribution is -2.37. The molecule has 3 aliphatic heterocycles. The molecule has 10 heteroatoms. The van der Waals surface area contributed by atoms with Crippen molar-refractivity contribution in [1.82, 2.24) is 15.4 Å². The summed E-state index contributed by atoms with van der Waals surface area (Å²) in [5.41, 5.74) is 5.37. The van der Waals surface area contributed by atoms with Crippen LogP contribution in [0.2, 0.25) is 0 Å². The standard InChI is InChI=1S/C13H12N4O5S/c18-13-15-7-11-10(12(8-15)17(13)22-23(19,20)21)6-16(14-11)9-4-2-1-3-5-9/h1-7,12,14H,8H2,(H,19,20,21). The number of anilines is 1. The van der Waals surface area contributed by atoms with E-state index in [2.05, 4.69) is 9.71 Å². The van der Waals surface area contributed by atoms with E-state index in [4.69, 9.17) is 4.55 Å². The van der Waals surface area contributed by atoms with Crippen LogP contribution in [-0.4, -0.2) is 41.6 Å². The molecule has 1 unspecified atom stereocenters. The third kappa shape index (κ3) is 2.32. The van der Waals surface area contributed by atoms with E-state index in [0.29, 0.717) is 16.3 Å². The van der Waals surface area contributed by atoms with E-state index in [1.807, 2.05) is 30.3 Å². The Labute approximate surface area is 131 Å². The number of carbonyl (C=O) groups is 1. The second-order valence-corrected chi connectivity index (χ2v) is 6.23. The van der Waals surface area contributed by atoms with Gasteiger partial charge in [0.05, 0.1) is 17.9 Å². The van der Waals surface area contributed by atoms with Crippen molar-refractivity contribution in [2.75, 3.05) is 11.6 Å². The molecule has 9 nitrogen and oxygen atoms in total. The molecule has 120 valence electrons. The van der Waals surface area contributed by atoms with Gasteiger partial charge in [0.2, 0.25) is 0 Å². The molecule has 1 fully saturated rings. The monoisotopic (exact) mass is 336 g/mol. The van der Waals surface area contributed by atoms with Gasteiger partial charge in [-0.25, -0.2) is 4.79 Å². The van der Waals surface area contributed by atoms with Crippen molar-refractivity contribution >= 4 is 22.1 Å². The topological polar surface area (TPSA) is 102 Å². The number of nitrogens with zero attached hydrogens (tertiary/aromatic N) is 3. The molecule has 0 aromatic heterocycles. The molecule has 3 heterocycles. The summed E-state index contributed by atoms with van der Waals surface area (Å²) in [5, 5.41) is 2.43. The highest BCUT2D eigenvalue weighted by atomic mass is 32.3. The molecule has 1 aromatic carbocycles. The van der Waals surface area contributed by atoms with E-state index in [9.17, 15) is 13.2 Å². The van der Waals surface area contributed by atoms with Gasteiger partial charge >= 0.3 is 16.4 Å². The van der Waals surface area contributed by atoms with E-state index in [0.717, 1.165) is 5.69 Å². The molecule has 1 aromatic rings. The Morgan fingerprint density at radius 2 is 1.96 bits per heavy atom. The molecule has 3 aliphatic rings. The van der Waals surface area contributed by atoms with Crippen molar-refractivity contribution in [3.63, 3.8) is 0 Å². The van der Waals surface area contributed by atoms with Crippen LogP contribution in [0, 0.1) is 0 Å². The van der Waals surface area contributed by atoms with Gasteiger partial charge in [-0.2, -0.15) is 13.5 Å². The average Bonchev–Trinajstić information content (AvgIpc) is 3.04. The van der Waals surface area contributed by atoms with Gasteiger partial charge in [0.25, 0.3) is 0 Å². The molecule has 0 saturated carbocycles. The van der Waals surface area contributed by atoms with Gasteiger partial charge in [-0.05, 0) is 12.1 Å². The first-order chi connectivity index (χ1) is 10.9. The number of para-hydroxylation sites is 1. The lowest BCUT2D eigenvalue weighted by Gasteiger charge is -2.21. The minimum absolute atomic E-state index is 0.244. The predicted molar refractivity (Wildman–Crippen MR) is 78.6 cm³/mol. The molecule has 0 radical (unpaired) electrons. The Balaban J connectivity index is 1.68. The number of fused-ring (bicyclic) bond motifs is 4. The van der Waals surface area contributed by atoms with Gasteiger partial charge in [-0.15, -0.1) is 4.28 Å². The van der Waals surface area contributed by atoms with Crippen LogP contribution in [0.1, 0.15) is 0 Å². The van der Waals surface area contributed by atoms with Crippen LogP contribution in [0.25, 0.3) is 0 Å². The Morgan fingerprint density at radius 3 is 2.65 bits per heavy atom. The van der Waals surface area contributed by atoms with E-state index in [-0.39, 0.29) is 6.54 Å². The fraction of sp³-hybridized carbons (Fsp3) is 0.154. The Morgan fingerprint density at radius 1 is 1.22 bits per heavy atom. The van der Waals surface area contributed by atoms with Crippen molar-refractivity contribution < 1.29 is 22.0 Å². The Kier molecular flexibility index (Phi) is 2.88. The number of carbonyl (C=O) groups excluding carboxylic acids is 1. The highest BCUT2D eigenvalue weighted by Gasteiger charge is 2.48. The molecule has 1 saturated heterocycles. The van der Waals surface area contributed by atoms with Crippen molar-refractivity contribution in [1.29, 1.82) is 0 Å². The summed E-state index contributed by atoms with van der Waals surface area (Å²) in [7, 11) is -4.78. The van der Waals surface area contributed by atoms with E-state index in [1.54, 1.807) is 17.4 Å². The summed E-state index contributed by atoms with van der Waals surface area (Å²) in [6, 6.07) is 8.19. The van der Waals surface area contributed by atoms with Crippen LogP contribution in [0.15, 0.2) is 54.0 Å². The fourth-order valence-electron chi connectivity index (χ4n) is 2.80. The molecule has 1 atom stereocenters. The summed E-state index contributed by atoms with van der Waals surface area (Å²) in [5.74, 6) is 0. The molecule has 2 amide bonds. The van der Waals surface area contributed by atoms with Crippen molar-refractivity contribution in [3.8, 4) is 0 Å². The minimum Gasteiger partial charge on any atom is -0.294 e. The van der Waals surface area contributed by atoms with Gasteiger partial charge in [0.15, 0.2) is 0 Å². The highest BCUT2D eigenvalue weighted by Crippen LogP contribution is 2.36. The fourth-order valence-corrected chi connectivity index (χ4v) is 3.17. The Bertz CT molecular complexity index is 835. The second-order valence-electron chi connectivity index (χ2n) is 5.22. The predicted octanol–water partition coefficient (Wildman–Crippen LogP) is 0.591. The highest BCUT2D eigenvalue weighted by molar-refractivity contribution is 7.80. The van der Waals surface area contributed by atoms with E-state index in [1.165, 1.54) is 4.90 Å². The number of hydrazine groups is 1. The quantitative estimate of drug-likeness (QED) is 0.779. The molecule has 4 rings (SSSR count). The van der Waals surface area contributed by atoms with Gasteiger partial charge < -0.3 is 0 Å². The molecule has 0 spiro atoms. The molecular formula is C13H12N4O5S.